The normalized spacial score (nSPS) is 10.7. The van der Waals surface area contributed by atoms with Gasteiger partial charge in [0.15, 0.2) is 0 Å². The average Bonchev–Trinajstić information content (AvgIpc) is 2.46. The summed E-state index contributed by atoms with van der Waals surface area (Å²) < 4.78 is 25.9. The summed E-state index contributed by atoms with van der Waals surface area (Å²) in [6.45, 7) is 2.16. The zero-order chi connectivity index (χ0) is 15.4. The van der Waals surface area contributed by atoms with E-state index in [0.717, 1.165) is 17.3 Å². The summed E-state index contributed by atoms with van der Waals surface area (Å²) in [6, 6.07) is 7.03. The molecule has 1 aromatic carbocycles. The van der Waals surface area contributed by atoms with E-state index in [1.54, 1.807) is 6.20 Å². The van der Waals surface area contributed by atoms with E-state index in [-0.39, 0.29) is 16.9 Å². The number of hydrogen-bond donors (Lipinski definition) is 1. The van der Waals surface area contributed by atoms with Crippen molar-refractivity contribution in [2.75, 3.05) is 5.32 Å². The molecule has 0 unspecified atom stereocenters. The fraction of sp³-hybridized carbons (Fsp3) is 0.214. The van der Waals surface area contributed by atoms with Gasteiger partial charge in [0.1, 0.15) is 0 Å². The molecule has 0 spiro atoms. The Morgan fingerprint density at radius 2 is 2.10 bits per heavy atom. The van der Waals surface area contributed by atoms with E-state index in [9.17, 15) is 18.9 Å². The highest BCUT2D eigenvalue weighted by atomic mass is 19.3. The van der Waals surface area contributed by atoms with Crippen LogP contribution in [0.4, 0.5) is 20.2 Å². The molecule has 0 aliphatic carbocycles. The Balaban J connectivity index is 2.19. The van der Waals surface area contributed by atoms with Gasteiger partial charge in [-0.25, -0.2) is 8.78 Å². The quantitative estimate of drug-likeness (QED) is 0.671. The highest BCUT2D eigenvalue weighted by Crippen LogP contribution is 2.30. The number of nitrogens with zero attached hydrogens (tertiary/aromatic N) is 2. The molecule has 0 fully saturated rings. The van der Waals surface area contributed by atoms with E-state index in [1.807, 2.05) is 19.1 Å². The number of non-ortho nitro benzene ring substituents is 1. The second-order valence-corrected chi connectivity index (χ2v) is 4.49. The van der Waals surface area contributed by atoms with Gasteiger partial charge in [0.25, 0.3) is 12.1 Å². The Morgan fingerprint density at radius 3 is 2.67 bits per heavy atom. The highest BCUT2D eigenvalue weighted by Gasteiger charge is 2.17. The van der Waals surface area contributed by atoms with Crippen molar-refractivity contribution >= 4 is 11.4 Å². The fourth-order valence-corrected chi connectivity index (χ4v) is 1.81. The second kappa shape index (κ2) is 6.25. The van der Waals surface area contributed by atoms with Crippen LogP contribution in [0, 0.1) is 17.0 Å². The van der Waals surface area contributed by atoms with Crippen LogP contribution in [0.15, 0.2) is 36.5 Å². The van der Waals surface area contributed by atoms with Gasteiger partial charge >= 0.3 is 0 Å². The number of hydrogen-bond acceptors (Lipinski definition) is 4. The molecule has 0 saturated carbocycles. The zero-order valence-corrected chi connectivity index (χ0v) is 11.2. The number of aromatic nitrogens is 1. The summed E-state index contributed by atoms with van der Waals surface area (Å²) in [6.07, 6.45) is -1.14. The molecule has 7 heteroatoms. The lowest BCUT2D eigenvalue weighted by molar-refractivity contribution is -0.385. The van der Waals surface area contributed by atoms with Crippen molar-refractivity contribution in [2.45, 2.75) is 19.9 Å². The zero-order valence-electron chi connectivity index (χ0n) is 11.2. The Labute approximate surface area is 119 Å². The number of rotatable bonds is 5. The monoisotopic (exact) mass is 293 g/mol. The third kappa shape index (κ3) is 3.71. The molecule has 5 nitrogen and oxygen atoms in total. The van der Waals surface area contributed by atoms with Crippen LogP contribution in [-0.4, -0.2) is 9.91 Å². The van der Waals surface area contributed by atoms with E-state index < -0.39 is 11.3 Å². The van der Waals surface area contributed by atoms with Crippen LogP contribution < -0.4 is 5.32 Å². The maximum atomic E-state index is 13.0. The fourth-order valence-electron chi connectivity index (χ4n) is 1.81. The van der Waals surface area contributed by atoms with Crippen molar-refractivity contribution in [1.29, 1.82) is 0 Å². The number of pyridine rings is 1. The van der Waals surface area contributed by atoms with Gasteiger partial charge in [-0.05, 0) is 24.6 Å². The third-order valence-electron chi connectivity index (χ3n) is 2.94. The smallest absolute Gasteiger partial charge is 0.270 e. The summed E-state index contributed by atoms with van der Waals surface area (Å²) in [7, 11) is 0. The van der Waals surface area contributed by atoms with Crippen molar-refractivity contribution in [3.8, 4) is 0 Å². The number of halogens is 2. The lowest BCUT2D eigenvalue weighted by Crippen LogP contribution is -2.04. The molecule has 21 heavy (non-hydrogen) atoms. The Bertz CT molecular complexity index is 645. The van der Waals surface area contributed by atoms with Gasteiger partial charge in [-0.1, -0.05) is 6.07 Å². The number of aryl methyl sites for hydroxylation is 1. The average molecular weight is 293 g/mol. The molecular formula is C14H13F2N3O2. The van der Waals surface area contributed by atoms with Gasteiger partial charge in [0.2, 0.25) is 0 Å². The minimum Gasteiger partial charge on any atom is -0.381 e. The molecule has 2 rings (SSSR count). The molecule has 0 radical (unpaired) electrons. The molecule has 0 bridgehead atoms. The van der Waals surface area contributed by atoms with Crippen molar-refractivity contribution in [3.63, 3.8) is 0 Å². The predicted molar refractivity (Wildman–Crippen MR) is 74.4 cm³/mol. The van der Waals surface area contributed by atoms with Crippen LogP contribution >= 0.6 is 0 Å². The number of anilines is 1. The molecule has 0 amide bonds. The lowest BCUT2D eigenvalue weighted by atomic mass is 10.1. The van der Waals surface area contributed by atoms with E-state index in [4.69, 9.17) is 0 Å². The first-order valence-corrected chi connectivity index (χ1v) is 6.19. The van der Waals surface area contributed by atoms with Gasteiger partial charge in [-0.15, -0.1) is 0 Å². The molecule has 1 heterocycles. The molecule has 2 aromatic rings. The van der Waals surface area contributed by atoms with Crippen LogP contribution in [0.5, 0.6) is 0 Å². The van der Waals surface area contributed by atoms with E-state index in [1.165, 1.54) is 12.1 Å². The van der Waals surface area contributed by atoms with Crippen LogP contribution in [0.25, 0.3) is 0 Å². The van der Waals surface area contributed by atoms with Gasteiger partial charge in [-0.3, -0.25) is 15.1 Å². The molecular weight excluding hydrogens is 280 g/mol. The van der Waals surface area contributed by atoms with Gasteiger partial charge in [0.05, 0.1) is 4.92 Å². The maximum Gasteiger partial charge on any atom is 0.270 e. The second-order valence-electron chi connectivity index (χ2n) is 4.49. The lowest BCUT2D eigenvalue weighted by Gasteiger charge is -2.11. The van der Waals surface area contributed by atoms with Gasteiger partial charge in [-0.2, -0.15) is 0 Å². The SMILES string of the molecule is Cc1ccc(CNc2ccc([N+](=O)[O-])cc2C(F)F)cn1. The van der Waals surface area contributed by atoms with Crippen molar-refractivity contribution < 1.29 is 13.7 Å². The first kappa shape index (κ1) is 14.8. The molecule has 1 aromatic heterocycles. The number of alkyl halides is 2. The third-order valence-corrected chi connectivity index (χ3v) is 2.94. The number of nitro groups is 1. The highest BCUT2D eigenvalue weighted by molar-refractivity contribution is 5.56. The first-order valence-electron chi connectivity index (χ1n) is 6.19. The number of nitrogens with one attached hydrogen (secondary N) is 1. The molecule has 110 valence electrons. The molecule has 0 aliphatic rings. The molecule has 0 atom stereocenters. The van der Waals surface area contributed by atoms with Crippen LogP contribution in [0.2, 0.25) is 0 Å². The minimum absolute atomic E-state index is 0.177. The molecule has 0 saturated heterocycles. The Kier molecular flexibility index (Phi) is 4.42. The van der Waals surface area contributed by atoms with Crippen molar-refractivity contribution in [2.24, 2.45) is 0 Å². The minimum atomic E-state index is -2.79. The largest absolute Gasteiger partial charge is 0.381 e. The van der Waals surface area contributed by atoms with Crippen molar-refractivity contribution in [1.82, 2.24) is 4.98 Å². The predicted octanol–water partition coefficient (Wildman–Crippen LogP) is 3.85. The summed E-state index contributed by atoms with van der Waals surface area (Å²) >= 11 is 0. The van der Waals surface area contributed by atoms with Crippen LogP contribution in [0.3, 0.4) is 0 Å². The Morgan fingerprint density at radius 1 is 1.33 bits per heavy atom. The van der Waals surface area contributed by atoms with E-state index >= 15 is 0 Å². The topological polar surface area (TPSA) is 68.1 Å². The number of nitro benzene ring substituents is 1. The first-order chi connectivity index (χ1) is 9.97. The van der Waals surface area contributed by atoms with Gasteiger partial charge < -0.3 is 5.32 Å². The number of benzene rings is 1. The van der Waals surface area contributed by atoms with E-state index in [2.05, 4.69) is 10.3 Å². The summed E-state index contributed by atoms with van der Waals surface area (Å²) in [4.78, 5) is 14.0. The van der Waals surface area contributed by atoms with Gasteiger partial charge in [0, 0.05) is 41.8 Å². The Hall–Kier alpha value is -2.57. The maximum absolute atomic E-state index is 13.0. The molecule has 1 N–H and O–H groups in total. The molecule has 0 aliphatic heterocycles. The summed E-state index contributed by atoms with van der Waals surface area (Å²) in [5, 5.41) is 13.5. The van der Waals surface area contributed by atoms with Crippen molar-refractivity contribution in [3.05, 3.63) is 63.5 Å². The van der Waals surface area contributed by atoms with Crippen LogP contribution in [0.1, 0.15) is 23.2 Å². The summed E-state index contributed by atoms with van der Waals surface area (Å²) in [5.41, 5.74) is 1.13. The standard InChI is InChI=1S/C14H13F2N3O2/c1-9-2-3-10(7-17-9)8-18-13-5-4-11(19(20)21)6-12(13)14(15)16/h2-7,14,18H,8H2,1H3. The van der Waals surface area contributed by atoms with E-state index in [0.29, 0.717) is 6.54 Å². The van der Waals surface area contributed by atoms with Crippen LogP contribution in [-0.2, 0) is 6.54 Å². The summed E-state index contributed by atoms with van der Waals surface area (Å²) in [5.74, 6) is 0.